The van der Waals surface area contributed by atoms with E-state index in [1.54, 1.807) is 0 Å². The molecule has 1 saturated heterocycles. The van der Waals surface area contributed by atoms with E-state index in [-0.39, 0.29) is 17.7 Å². The first-order valence-corrected chi connectivity index (χ1v) is 11.9. The lowest BCUT2D eigenvalue weighted by Gasteiger charge is -2.18. The van der Waals surface area contributed by atoms with Crippen molar-refractivity contribution in [3.63, 3.8) is 0 Å². The van der Waals surface area contributed by atoms with Crippen LogP contribution in [0.5, 0.6) is 5.75 Å². The highest BCUT2D eigenvalue weighted by Crippen LogP contribution is 2.32. The maximum Gasteiger partial charge on any atom is 0.278 e. The molecule has 174 valence electrons. The number of amides is 2. The fourth-order valence-corrected chi connectivity index (χ4v) is 4.30. The van der Waals surface area contributed by atoms with Crippen LogP contribution in [0.4, 0.5) is 11.4 Å². The average molecular weight is 448 g/mol. The zero-order valence-corrected chi connectivity index (χ0v) is 19.8. The molecule has 0 bridgehead atoms. The van der Waals surface area contributed by atoms with Crippen molar-refractivity contribution in [2.45, 2.75) is 40.0 Å². The van der Waals surface area contributed by atoms with Crippen molar-refractivity contribution in [3.05, 3.63) is 59.8 Å². The van der Waals surface area contributed by atoms with Gasteiger partial charge in [-0.25, -0.2) is 0 Å². The van der Waals surface area contributed by atoms with Crippen molar-refractivity contribution in [1.82, 2.24) is 4.90 Å². The van der Waals surface area contributed by atoms with E-state index < -0.39 is 0 Å². The van der Waals surface area contributed by atoms with E-state index in [1.807, 2.05) is 50.2 Å². The van der Waals surface area contributed by atoms with Crippen LogP contribution in [0.3, 0.4) is 0 Å². The lowest BCUT2D eigenvalue weighted by Crippen LogP contribution is -2.35. The molecule has 4 rings (SSSR count). The van der Waals surface area contributed by atoms with E-state index in [1.165, 1.54) is 23.4 Å². The number of nitrogens with one attached hydrogen (secondary N) is 1. The standard InChI is InChI=1S/C27H33N3O3/c1-4-17-33-23-13-7-20(8-14-23)24-25(27(32)30(26(24)31)18-19(2)3)28-21-9-11-22(12-10-21)29-15-5-6-16-29/h7-14,19,28H,4-6,15-18H2,1-3H3. The van der Waals surface area contributed by atoms with E-state index in [0.717, 1.165) is 30.9 Å². The molecule has 6 heteroatoms. The Morgan fingerprint density at radius 3 is 2.21 bits per heavy atom. The molecule has 2 aliphatic heterocycles. The largest absolute Gasteiger partial charge is 0.494 e. The van der Waals surface area contributed by atoms with Crippen molar-refractivity contribution in [2.24, 2.45) is 5.92 Å². The second-order valence-corrected chi connectivity index (χ2v) is 9.10. The van der Waals surface area contributed by atoms with Gasteiger partial charge >= 0.3 is 0 Å². The van der Waals surface area contributed by atoms with Gasteiger partial charge in [0.1, 0.15) is 11.4 Å². The van der Waals surface area contributed by atoms with Gasteiger partial charge in [0.2, 0.25) is 0 Å². The van der Waals surface area contributed by atoms with Crippen LogP contribution in [0, 0.1) is 5.92 Å². The van der Waals surface area contributed by atoms with Crippen molar-refractivity contribution >= 4 is 28.8 Å². The molecule has 6 nitrogen and oxygen atoms in total. The van der Waals surface area contributed by atoms with Gasteiger partial charge in [-0.05, 0) is 67.1 Å². The summed E-state index contributed by atoms with van der Waals surface area (Å²) in [5.41, 5.74) is 3.42. The van der Waals surface area contributed by atoms with Crippen LogP contribution in [-0.2, 0) is 9.59 Å². The lowest BCUT2D eigenvalue weighted by atomic mass is 10.0. The van der Waals surface area contributed by atoms with Gasteiger partial charge in [-0.3, -0.25) is 14.5 Å². The molecule has 0 aromatic heterocycles. The molecule has 2 aliphatic rings. The normalized spacial score (nSPS) is 16.4. The van der Waals surface area contributed by atoms with Gasteiger partial charge in [0, 0.05) is 31.0 Å². The van der Waals surface area contributed by atoms with Crippen LogP contribution < -0.4 is 15.0 Å². The predicted molar refractivity (Wildman–Crippen MR) is 132 cm³/mol. The van der Waals surface area contributed by atoms with Crippen molar-refractivity contribution in [3.8, 4) is 5.75 Å². The molecule has 2 amide bonds. The van der Waals surface area contributed by atoms with Gasteiger partial charge in [-0.2, -0.15) is 0 Å². The van der Waals surface area contributed by atoms with Crippen LogP contribution in [-0.4, -0.2) is 43.0 Å². The summed E-state index contributed by atoms with van der Waals surface area (Å²) in [6.07, 6.45) is 3.37. The summed E-state index contributed by atoms with van der Waals surface area (Å²) < 4.78 is 5.67. The van der Waals surface area contributed by atoms with Crippen LogP contribution >= 0.6 is 0 Å². The second kappa shape index (κ2) is 10.1. The summed E-state index contributed by atoms with van der Waals surface area (Å²) in [4.78, 5) is 30.3. The van der Waals surface area contributed by atoms with Gasteiger partial charge in [0.05, 0.1) is 12.2 Å². The molecule has 2 aromatic rings. The van der Waals surface area contributed by atoms with Crippen molar-refractivity contribution in [2.75, 3.05) is 36.5 Å². The Bertz CT molecular complexity index is 1020. The molecule has 0 aliphatic carbocycles. The molecule has 0 spiro atoms. The highest BCUT2D eigenvalue weighted by atomic mass is 16.5. The number of carbonyl (C=O) groups excluding carboxylic acids is 2. The molecule has 1 N–H and O–H groups in total. The number of benzene rings is 2. The Hall–Kier alpha value is -3.28. The first kappa shape index (κ1) is 22.9. The van der Waals surface area contributed by atoms with E-state index in [9.17, 15) is 9.59 Å². The number of ether oxygens (including phenoxy) is 1. The Labute approximate surface area is 196 Å². The Morgan fingerprint density at radius 2 is 1.61 bits per heavy atom. The zero-order chi connectivity index (χ0) is 23.4. The molecular formula is C27H33N3O3. The number of hydrogen-bond acceptors (Lipinski definition) is 5. The van der Waals surface area contributed by atoms with Gasteiger partial charge < -0.3 is 15.0 Å². The number of hydrogen-bond donors (Lipinski definition) is 1. The lowest BCUT2D eigenvalue weighted by molar-refractivity contribution is -0.137. The molecular weight excluding hydrogens is 414 g/mol. The van der Waals surface area contributed by atoms with Crippen molar-refractivity contribution < 1.29 is 14.3 Å². The minimum atomic E-state index is -0.279. The summed E-state index contributed by atoms with van der Waals surface area (Å²) in [5.74, 6) is 0.401. The number of anilines is 2. The molecule has 0 atom stereocenters. The fraction of sp³-hybridized carbons (Fsp3) is 0.407. The second-order valence-electron chi connectivity index (χ2n) is 9.10. The molecule has 0 unspecified atom stereocenters. The van der Waals surface area contributed by atoms with E-state index in [2.05, 4.69) is 29.3 Å². The molecule has 0 saturated carbocycles. The zero-order valence-electron chi connectivity index (χ0n) is 19.8. The average Bonchev–Trinajstić information content (AvgIpc) is 3.43. The molecule has 0 radical (unpaired) electrons. The highest BCUT2D eigenvalue weighted by Gasteiger charge is 2.39. The van der Waals surface area contributed by atoms with Crippen LogP contribution in [0.1, 0.15) is 45.6 Å². The molecule has 2 aromatic carbocycles. The van der Waals surface area contributed by atoms with Crippen LogP contribution in [0.15, 0.2) is 54.2 Å². The summed E-state index contributed by atoms with van der Waals surface area (Å²) in [6, 6.07) is 15.5. The monoisotopic (exact) mass is 447 g/mol. The van der Waals surface area contributed by atoms with Gasteiger partial charge in [-0.15, -0.1) is 0 Å². The third kappa shape index (κ3) is 5.05. The highest BCUT2D eigenvalue weighted by molar-refractivity contribution is 6.36. The quantitative estimate of drug-likeness (QED) is 0.553. The van der Waals surface area contributed by atoms with Crippen molar-refractivity contribution in [1.29, 1.82) is 0 Å². The maximum atomic E-state index is 13.3. The Morgan fingerprint density at radius 1 is 0.939 bits per heavy atom. The number of carbonyl (C=O) groups is 2. The van der Waals surface area contributed by atoms with Gasteiger partial charge in [0.15, 0.2) is 0 Å². The first-order chi connectivity index (χ1) is 16.0. The number of imide groups is 1. The topological polar surface area (TPSA) is 61.9 Å². The predicted octanol–water partition coefficient (Wildman–Crippen LogP) is 4.92. The maximum absolute atomic E-state index is 13.3. The van der Waals surface area contributed by atoms with E-state index in [0.29, 0.717) is 30.0 Å². The van der Waals surface area contributed by atoms with E-state index >= 15 is 0 Å². The number of nitrogens with zero attached hydrogens (tertiary/aromatic N) is 2. The number of rotatable bonds is 9. The molecule has 1 fully saturated rings. The third-order valence-electron chi connectivity index (χ3n) is 5.94. The summed E-state index contributed by atoms with van der Waals surface area (Å²) in [6.45, 7) is 9.25. The van der Waals surface area contributed by atoms with E-state index in [4.69, 9.17) is 4.74 Å². The first-order valence-electron chi connectivity index (χ1n) is 11.9. The summed E-state index contributed by atoms with van der Waals surface area (Å²) in [5, 5.41) is 3.26. The minimum Gasteiger partial charge on any atom is -0.494 e. The Kier molecular flexibility index (Phi) is 7.02. The smallest absolute Gasteiger partial charge is 0.278 e. The SMILES string of the molecule is CCCOc1ccc(C2=C(Nc3ccc(N4CCCC4)cc3)C(=O)N(CC(C)C)C2=O)cc1. The summed E-state index contributed by atoms with van der Waals surface area (Å²) >= 11 is 0. The van der Waals surface area contributed by atoms with Crippen LogP contribution in [0.2, 0.25) is 0 Å². The summed E-state index contributed by atoms with van der Waals surface area (Å²) in [7, 11) is 0. The van der Waals surface area contributed by atoms with Crippen LogP contribution in [0.25, 0.3) is 5.57 Å². The molecule has 33 heavy (non-hydrogen) atoms. The third-order valence-corrected chi connectivity index (χ3v) is 5.94. The minimum absolute atomic E-state index is 0.183. The van der Waals surface area contributed by atoms with Gasteiger partial charge in [-0.1, -0.05) is 32.9 Å². The Balaban J connectivity index is 1.63. The fourth-order valence-electron chi connectivity index (χ4n) is 4.30. The van der Waals surface area contributed by atoms with Gasteiger partial charge in [0.25, 0.3) is 11.8 Å². The molecule has 2 heterocycles.